The molecule has 0 aliphatic rings. The zero-order chi connectivity index (χ0) is 13.8. The van der Waals surface area contributed by atoms with Gasteiger partial charge in [0.2, 0.25) is 0 Å². The average molecular weight is 279 g/mol. The lowest BCUT2D eigenvalue weighted by molar-refractivity contribution is 0.397. The number of rotatable bonds is 4. The van der Waals surface area contributed by atoms with E-state index in [-0.39, 0.29) is 0 Å². The van der Waals surface area contributed by atoms with Crippen LogP contribution in [0.4, 0.5) is 0 Å². The Morgan fingerprint density at radius 3 is 2.26 bits per heavy atom. The van der Waals surface area contributed by atoms with Crippen LogP contribution in [0.2, 0.25) is 5.15 Å². The SMILES string of the molecule is CCc1nc(Cl)cc(-c2c(OC)cccc2OC)n1. The molecule has 1 heterocycles. The highest BCUT2D eigenvalue weighted by Gasteiger charge is 2.15. The zero-order valence-electron chi connectivity index (χ0n) is 11.1. The molecule has 0 fully saturated rings. The van der Waals surface area contributed by atoms with Gasteiger partial charge < -0.3 is 9.47 Å². The van der Waals surface area contributed by atoms with Gasteiger partial charge >= 0.3 is 0 Å². The second-order valence-corrected chi connectivity index (χ2v) is 4.27. The fourth-order valence-electron chi connectivity index (χ4n) is 1.85. The third kappa shape index (κ3) is 2.79. The molecule has 0 atom stereocenters. The van der Waals surface area contributed by atoms with Crippen LogP contribution in [0.15, 0.2) is 24.3 Å². The van der Waals surface area contributed by atoms with Crippen molar-refractivity contribution in [2.45, 2.75) is 13.3 Å². The number of halogens is 1. The molecular weight excluding hydrogens is 264 g/mol. The van der Waals surface area contributed by atoms with Crippen molar-refractivity contribution in [1.29, 1.82) is 0 Å². The number of benzene rings is 1. The summed E-state index contributed by atoms with van der Waals surface area (Å²) < 4.78 is 10.7. The van der Waals surface area contributed by atoms with Crippen LogP contribution >= 0.6 is 11.6 Å². The first-order chi connectivity index (χ1) is 9.19. The van der Waals surface area contributed by atoms with Crippen molar-refractivity contribution in [1.82, 2.24) is 9.97 Å². The maximum atomic E-state index is 6.04. The van der Waals surface area contributed by atoms with Crippen molar-refractivity contribution in [3.63, 3.8) is 0 Å². The van der Waals surface area contributed by atoms with Crippen molar-refractivity contribution in [3.8, 4) is 22.8 Å². The highest BCUT2D eigenvalue weighted by atomic mass is 35.5. The van der Waals surface area contributed by atoms with Gasteiger partial charge in [0.15, 0.2) is 0 Å². The van der Waals surface area contributed by atoms with Crippen LogP contribution in [0.25, 0.3) is 11.3 Å². The van der Waals surface area contributed by atoms with Crippen LogP contribution < -0.4 is 9.47 Å². The summed E-state index contributed by atoms with van der Waals surface area (Å²) in [6.07, 6.45) is 0.713. The Labute approximate surface area is 117 Å². The van der Waals surface area contributed by atoms with Crippen molar-refractivity contribution in [2.75, 3.05) is 14.2 Å². The van der Waals surface area contributed by atoms with E-state index in [4.69, 9.17) is 21.1 Å². The van der Waals surface area contributed by atoms with E-state index in [1.807, 2.05) is 25.1 Å². The summed E-state index contributed by atoms with van der Waals surface area (Å²) in [4.78, 5) is 8.65. The summed E-state index contributed by atoms with van der Waals surface area (Å²) in [5.74, 6) is 2.07. The predicted octanol–water partition coefficient (Wildman–Crippen LogP) is 3.38. The standard InChI is InChI=1S/C14H15ClN2O2/c1-4-13-16-9(8-12(15)17-13)14-10(18-2)6-5-7-11(14)19-3/h5-8H,4H2,1-3H3. The lowest BCUT2D eigenvalue weighted by atomic mass is 10.1. The number of nitrogens with zero attached hydrogens (tertiary/aromatic N) is 2. The molecule has 2 aromatic rings. The quantitative estimate of drug-likeness (QED) is 0.804. The summed E-state index contributed by atoms with van der Waals surface area (Å²) in [5.41, 5.74) is 1.48. The van der Waals surface area contributed by atoms with Gasteiger partial charge in [0.1, 0.15) is 22.5 Å². The van der Waals surface area contributed by atoms with Crippen LogP contribution in [0, 0.1) is 0 Å². The van der Waals surface area contributed by atoms with E-state index in [0.29, 0.717) is 34.6 Å². The van der Waals surface area contributed by atoms with E-state index in [1.54, 1.807) is 20.3 Å². The first-order valence-electron chi connectivity index (χ1n) is 5.94. The molecule has 5 heteroatoms. The highest BCUT2D eigenvalue weighted by Crippen LogP contribution is 2.37. The van der Waals surface area contributed by atoms with Gasteiger partial charge in [-0.1, -0.05) is 24.6 Å². The largest absolute Gasteiger partial charge is 0.496 e. The van der Waals surface area contributed by atoms with E-state index >= 15 is 0 Å². The Morgan fingerprint density at radius 1 is 1.11 bits per heavy atom. The van der Waals surface area contributed by atoms with Gasteiger partial charge in [0, 0.05) is 12.5 Å². The van der Waals surface area contributed by atoms with Crippen molar-refractivity contribution < 1.29 is 9.47 Å². The lowest BCUT2D eigenvalue weighted by Gasteiger charge is -2.13. The smallest absolute Gasteiger partial charge is 0.133 e. The van der Waals surface area contributed by atoms with Crippen LogP contribution in [0.3, 0.4) is 0 Å². The fourth-order valence-corrected chi connectivity index (χ4v) is 2.06. The average Bonchev–Trinajstić information content (AvgIpc) is 2.45. The van der Waals surface area contributed by atoms with Crippen molar-refractivity contribution in [3.05, 3.63) is 35.2 Å². The van der Waals surface area contributed by atoms with Gasteiger partial charge in [-0.05, 0) is 12.1 Å². The first kappa shape index (κ1) is 13.6. The van der Waals surface area contributed by atoms with Crippen LogP contribution in [0.1, 0.15) is 12.7 Å². The molecule has 0 N–H and O–H groups in total. The minimum atomic E-state index is 0.412. The molecule has 2 rings (SSSR count). The molecule has 0 aliphatic carbocycles. The molecule has 0 saturated carbocycles. The second-order valence-electron chi connectivity index (χ2n) is 3.88. The molecule has 0 bridgehead atoms. The van der Waals surface area contributed by atoms with Gasteiger partial charge in [-0.25, -0.2) is 9.97 Å². The van der Waals surface area contributed by atoms with E-state index in [0.717, 1.165) is 5.56 Å². The molecule has 0 spiro atoms. The number of aryl methyl sites for hydroxylation is 1. The lowest BCUT2D eigenvalue weighted by Crippen LogP contribution is -1.99. The molecule has 100 valence electrons. The maximum Gasteiger partial charge on any atom is 0.133 e. The normalized spacial score (nSPS) is 10.3. The van der Waals surface area contributed by atoms with Gasteiger partial charge in [-0.3, -0.25) is 0 Å². The highest BCUT2D eigenvalue weighted by molar-refractivity contribution is 6.29. The Balaban J connectivity index is 2.66. The summed E-state index contributed by atoms with van der Waals surface area (Å²) in [7, 11) is 3.23. The summed E-state index contributed by atoms with van der Waals surface area (Å²) in [5, 5.41) is 0.412. The Hall–Kier alpha value is -1.81. The van der Waals surface area contributed by atoms with Crippen molar-refractivity contribution >= 4 is 11.6 Å². The second kappa shape index (κ2) is 5.89. The Kier molecular flexibility index (Phi) is 4.22. The van der Waals surface area contributed by atoms with Gasteiger partial charge in [-0.2, -0.15) is 0 Å². The van der Waals surface area contributed by atoms with Gasteiger partial charge in [-0.15, -0.1) is 0 Å². The summed E-state index contributed by atoms with van der Waals surface area (Å²) in [6.45, 7) is 1.98. The van der Waals surface area contributed by atoms with E-state index < -0.39 is 0 Å². The third-order valence-electron chi connectivity index (χ3n) is 2.74. The first-order valence-corrected chi connectivity index (χ1v) is 6.32. The maximum absolute atomic E-state index is 6.04. The molecule has 0 amide bonds. The minimum absolute atomic E-state index is 0.412. The Morgan fingerprint density at radius 2 is 1.74 bits per heavy atom. The van der Waals surface area contributed by atoms with E-state index in [1.165, 1.54) is 0 Å². The predicted molar refractivity (Wildman–Crippen MR) is 75.0 cm³/mol. The molecule has 4 nitrogen and oxygen atoms in total. The van der Waals surface area contributed by atoms with Crippen molar-refractivity contribution in [2.24, 2.45) is 0 Å². The Bertz CT molecular complexity index is 565. The van der Waals surface area contributed by atoms with E-state index in [9.17, 15) is 0 Å². The monoisotopic (exact) mass is 278 g/mol. The molecular formula is C14H15ClN2O2. The molecule has 0 saturated heterocycles. The number of hydrogen-bond donors (Lipinski definition) is 0. The molecule has 1 aromatic heterocycles. The van der Waals surface area contributed by atoms with Gasteiger partial charge in [0.25, 0.3) is 0 Å². The molecule has 0 aliphatic heterocycles. The topological polar surface area (TPSA) is 44.2 Å². The van der Waals surface area contributed by atoms with Crippen LogP contribution in [0.5, 0.6) is 11.5 Å². The number of hydrogen-bond acceptors (Lipinski definition) is 4. The number of ether oxygens (including phenoxy) is 2. The van der Waals surface area contributed by atoms with Crippen LogP contribution in [-0.2, 0) is 6.42 Å². The van der Waals surface area contributed by atoms with Crippen LogP contribution in [-0.4, -0.2) is 24.2 Å². The molecule has 1 aromatic carbocycles. The number of methoxy groups -OCH3 is 2. The summed E-state index contributed by atoms with van der Waals surface area (Å²) >= 11 is 6.04. The third-order valence-corrected chi connectivity index (χ3v) is 2.94. The van der Waals surface area contributed by atoms with E-state index in [2.05, 4.69) is 9.97 Å². The molecule has 0 unspecified atom stereocenters. The zero-order valence-corrected chi connectivity index (χ0v) is 11.9. The number of aromatic nitrogens is 2. The van der Waals surface area contributed by atoms with Gasteiger partial charge in [0.05, 0.1) is 25.5 Å². The minimum Gasteiger partial charge on any atom is -0.496 e. The molecule has 19 heavy (non-hydrogen) atoms. The summed E-state index contributed by atoms with van der Waals surface area (Å²) in [6, 6.07) is 7.30. The fraction of sp³-hybridized carbons (Fsp3) is 0.286. The molecule has 0 radical (unpaired) electrons.